The molecule has 0 aliphatic carbocycles. The van der Waals surface area contributed by atoms with Gasteiger partial charge in [0.2, 0.25) is 0 Å². The highest BCUT2D eigenvalue weighted by atomic mass is 32.2. The van der Waals surface area contributed by atoms with E-state index in [-0.39, 0.29) is 11.6 Å². The third-order valence-corrected chi connectivity index (χ3v) is 18.3. The summed E-state index contributed by atoms with van der Waals surface area (Å²) in [6.45, 7) is 31.3. The van der Waals surface area contributed by atoms with Crippen LogP contribution in [0.1, 0.15) is 213 Å². The monoisotopic (exact) mass is 1030 g/mol. The molecule has 3 unspecified atom stereocenters. The number of aryl methyl sites for hydroxylation is 2. The fourth-order valence-corrected chi connectivity index (χ4v) is 13.4. The number of thioether (sulfide) groups is 2. The lowest BCUT2D eigenvalue weighted by Gasteiger charge is -2.18. The maximum absolute atomic E-state index is 16.0. The SMILES string of the molecule is C=C(SCC(C)CCC)C1=C(c2ccc(-c3ccc(CCC(CC)CCCC)cc3F)s2)N=C(SCC(CC)CCCC)/C1=C(/C)c1ccc(-c2ccc(CCC)cc2F)s1.CC.CCCCCCC. The Morgan fingerprint density at radius 2 is 1.16 bits per heavy atom. The zero-order chi connectivity index (χ0) is 51.4. The average molecular weight is 1030 g/mol. The lowest BCUT2D eigenvalue weighted by Crippen LogP contribution is -2.08. The fraction of sp³-hybridized carbons (Fsp3) is 0.571. The summed E-state index contributed by atoms with van der Waals surface area (Å²) in [5.41, 5.74) is 7.69. The first-order chi connectivity index (χ1) is 34.0. The molecule has 0 fully saturated rings. The molecule has 0 saturated carbocycles. The molecule has 70 heavy (non-hydrogen) atoms. The summed E-state index contributed by atoms with van der Waals surface area (Å²) in [5, 5.41) is 1.03. The zero-order valence-corrected chi connectivity index (χ0v) is 49.2. The highest BCUT2D eigenvalue weighted by molar-refractivity contribution is 8.14. The van der Waals surface area contributed by atoms with E-state index in [1.807, 2.05) is 49.5 Å². The Bertz CT molecular complexity index is 2220. The van der Waals surface area contributed by atoms with Gasteiger partial charge in [-0.05, 0) is 103 Å². The van der Waals surface area contributed by atoms with Gasteiger partial charge in [-0.15, -0.1) is 46.2 Å². The lowest BCUT2D eigenvalue weighted by molar-refractivity contribution is 0.421. The molecule has 2 aromatic heterocycles. The van der Waals surface area contributed by atoms with Crippen molar-refractivity contribution >= 4 is 62.5 Å². The van der Waals surface area contributed by atoms with Crippen molar-refractivity contribution in [2.24, 2.45) is 22.7 Å². The summed E-state index contributed by atoms with van der Waals surface area (Å²) in [7, 11) is 0. The number of hydrogen-bond donors (Lipinski definition) is 0. The van der Waals surface area contributed by atoms with Crippen molar-refractivity contribution in [3.63, 3.8) is 0 Å². The summed E-state index contributed by atoms with van der Waals surface area (Å²) in [5.74, 6) is 3.52. The van der Waals surface area contributed by atoms with Gasteiger partial charge in [-0.2, -0.15) is 0 Å². The number of nitrogens with zero attached hydrogens (tertiary/aromatic N) is 1. The Hall–Kier alpha value is -2.71. The second-order valence-electron chi connectivity index (χ2n) is 19.2. The van der Waals surface area contributed by atoms with Crippen molar-refractivity contribution in [2.45, 2.75) is 205 Å². The molecule has 1 nitrogen and oxygen atoms in total. The number of allylic oxidation sites excluding steroid dienone is 2. The highest BCUT2D eigenvalue weighted by Gasteiger charge is 2.32. The number of aliphatic imine (C=N–C) groups is 1. The van der Waals surface area contributed by atoms with Crippen LogP contribution in [0, 0.1) is 29.4 Å². The quantitative estimate of drug-likeness (QED) is 0.0503. The van der Waals surface area contributed by atoms with Crippen molar-refractivity contribution in [3.8, 4) is 20.9 Å². The van der Waals surface area contributed by atoms with Gasteiger partial charge < -0.3 is 0 Å². The van der Waals surface area contributed by atoms with Gasteiger partial charge in [-0.25, -0.2) is 13.8 Å². The van der Waals surface area contributed by atoms with Crippen LogP contribution >= 0.6 is 46.2 Å². The molecule has 0 N–H and O–H groups in total. The third-order valence-electron chi connectivity index (χ3n) is 13.4. The first kappa shape index (κ1) is 61.6. The van der Waals surface area contributed by atoms with Gasteiger partial charge in [0.15, 0.2) is 0 Å². The van der Waals surface area contributed by atoms with Crippen molar-refractivity contribution in [2.75, 3.05) is 11.5 Å². The summed E-state index contributed by atoms with van der Waals surface area (Å²) in [6, 6.07) is 20.0. The van der Waals surface area contributed by atoms with E-state index in [0.29, 0.717) is 28.9 Å². The first-order valence-corrected chi connectivity index (χ1v) is 31.3. The minimum absolute atomic E-state index is 0.156. The average Bonchev–Trinajstić information content (AvgIpc) is 4.15. The van der Waals surface area contributed by atoms with E-state index in [0.717, 1.165) is 113 Å². The number of rotatable bonds is 29. The molecule has 0 radical (unpaired) electrons. The van der Waals surface area contributed by atoms with E-state index in [9.17, 15) is 0 Å². The molecule has 0 saturated heterocycles. The number of hydrogen-bond acceptors (Lipinski definition) is 5. The second kappa shape index (κ2) is 34.7. The van der Waals surface area contributed by atoms with Gasteiger partial charge in [-0.1, -0.05) is 203 Å². The minimum atomic E-state index is -0.165. The maximum atomic E-state index is 16.0. The summed E-state index contributed by atoms with van der Waals surface area (Å²) < 4.78 is 31.6. The van der Waals surface area contributed by atoms with E-state index < -0.39 is 0 Å². The summed E-state index contributed by atoms with van der Waals surface area (Å²) in [4.78, 5) is 10.5. The predicted octanol–water partition coefficient (Wildman–Crippen LogP) is 22.8. The van der Waals surface area contributed by atoms with Crippen molar-refractivity contribution in [1.82, 2.24) is 0 Å². The van der Waals surface area contributed by atoms with E-state index >= 15 is 8.78 Å². The summed E-state index contributed by atoms with van der Waals surface area (Å²) in [6.07, 6.45) is 22.9. The molecule has 7 heteroatoms. The Kier molecular flexibility index (Phi) is 30.5. The fourth-order valence-electron chi connectivity index (χ4n) is 8.95. The van der Waals surface area contributed by atoms with Crippen molar-refractivity contribution < 1.29 is 8.78 Å². The van der Waals surface area contributed by atoms with Crippen molar-refractivity contribution in [3.05, 3.63) is 116 Å². The Morgan fingerprint density at radius 3 is 1.71 bits per heavy atom. The van der Waals surface area contributed by atoms with E-state index in [1.165, 1.54) is 83.5 Å². The van der Waals surface area contributed by atoms with E-state index in [1.54, 1.807) is 34.8 Å². The number of halogens is 2. The molecular formula is C63H93F2NS4. The molecule has 3 atom stereocenters. The molecule has 5 rings (SSSR count). The molecule has 4 aromatic rings. The molecule has 3 heterocycles. The van der Waals surface area contributed by atoms with Gasteiger partial charge in [0.25, 0.3) is 0 Å². The van der Waals surface area contributed by atoms with Crippen LogP contribution in [0.4, 0.5) is 8.78 Å². The highest BCUT2D eigenvalue weighted by Crippen LogP contribution is 2.49. The molecule has 2 aromatic carbocycles. The van der Waals surface area contributed by atoms with Crippen molar-refractivity contribution in [1.29, 1.82) is 0 Å². The Labute approximate surface area is 444 Å². The topological polar surface area (TPSA) is 12.4 Å². The third kappa shape index (κ3) is 19.3. The van der Waals surface area contributed by atoms with Crippen LogP contribution in [0.15, 0.2) is 88.3 Å². The molecule has 0 bridgehead atoms. The summed E-state index contributed by atoms with van der Waals surface area (Å²) >= 11 is 6.97. The molecule has 388 valence electrons. The molecule has 0 amide bonds. The maximum Gasteiger partial charge on any atom is 0.132 e. The normalized spacial score (nSPS) is 14.4. The number of unbranched alkanes of at least 4 members (excludes halogenated alkanes) is 6. The molecule has 1 aliphatic rings. The molecule has 0 spiro atoms. The van der Waals surface area contributed by atoms with Gasteiger partial charge in [0.05, 0.1) is 10.6 Å². The van der Waals surface area contributed by atoms with Gasteiger partial charge in [0.1, 0.15) is 16.7 Å². The van der Waals surface area contributed by atoms with Crippen LogP contribution in [-0.4, -0.2) is 16.5 Å². The van der Waals surface area contributed by atoms with E-state index in [2.05, 4.69) is 106 Å². The van der Waals surface area contributed by atoms with Crippen LogP contribution in [0.5, 0.6) is 0 Å². The van der Waals surface area contributed by atoms with Crippen LogP contribution in [0.3, 0.4) is 0 Å². The van der Waals surface area contributed by atoms with Crippen LogP contribution in [-0.2, 0) is 12.8 Å². The van der Waals surface area contributed by atoms with Gasteiger partial charge in [-0.3, -0.25) is 0 Å². The zero-order valence-electron chi connectivity index (χ0n) is 45.9. The van der Waals surface area contributed by atoms with Gasteiger partial charge >= 0.3 is 0 Å². The Morgan fingerprint density at radius 1 is 0.600 bits per heavy atom. The number of benzene rings is 2. The predicted molar refractivity (Wildman–Crippen MR) is 319 cm³/mol. The minimum Gasteiger partial charge on any atom is -0.239 e. The van der Waals surface area contributed by atoms with Crippen LogP contribution < -0.4 is 0 Å². The van der Waals surface area contributed by atoms with Gasteiger partial charge in [0, 0.05) is 53.3 Å². The second-order valence-corrected chi connectivity index (χ2v) is 23.5. The van der Waals surface area contributed by atoms with E-state index in [4.69, 9.17) is 11.6 Å². The molecule has 1 aliphatic heterocycles. The first-order valence-electron chi connectivity index (χ1n) is 27.7. The largest absolute Gasteiger partial charge is 0.239 e. The molecular weight excluding hydrogens is 937 g/mol. The smallest absolute Gasteiger partial charge is 0.132 e. The van der Waals surface area contributed by atoms with Crippen LogP contribution in [0.25, 0.3) is 32.2 Å². The number of thiophene rings is 2. The lowest BCUT2D eigenvalue weighted by atomic mass is 9.92. The Balaban J connectivity index is 0.00000132. The standard InChI is InChI=1S/C54H71F2NS4.C7H16.C2H6/c1-10-16-20-39(14-5)22-23-42-25-27-44(46(56)33-42)49-30-31-50(61-49)53-52(38(9)58-34-36(7)18-12-3)51(54(57-53)59-35-40(15-6)21-17-11-2)37(8)47-28-29-48(60-47)43-26-24-41(19-13-4)32-45(43)55;1-3-5-7-6-4-2;1-2/h24-33,36,39-40H,9-23,34-35H2,1-8H3;3-7H2,1-2H3;1-2H3/b51-37-;;. The van der Waals surface area contributed by atoms with Crippen LogP contribution in [0.2, 0.25) is 0 Å².